The van der Waals surface area contributed by atoms with Gasteiger partial charge in [-0.3, -0.25) is 9.59 Å². The van der Waals surface area contributed by atoms with Crippen molar-refractivity contribution in [2.24, 2.45) is 0 Å². The van der Waals surface area contributed by atoms with Gasteiger partial charge in [-0.25, -0.2) is 4.98 Å². The molecule has 5 nitrogen and oxygen atoms in total. The van der Waals surface area contributed by atoms with Gasteiger partial charge in [0, 0.05) is 42.2 Å². The van der Waals surface area contributed by atoms with Crippen LogP contribution in [0.4, 0.5) is 0 Å². The first-order chi connectivity index (χ1) is 11.1. The van der Waals surface area contributed by atoms with Gasteiger partial charge < -0.3 is 10.6 Å². The number of hydrogen-bond acceptors (Lipinski definition) is 4. The van der Waals surface area contributed by atoms with E-state index in [4.69, 9.17) is 0 Å². The van der Waals surface area contributed by atoms with Gasteiger partial charge in [0.25, 0.3) is 5.91 Å². The van der Waals surface area contributed by atoms with Crippen molar-refractivity contribution in [2.45, 2.75) is 26.7 Å². The van der Waals surface area contributed by atoms with E-state index in [-0.39, 0.29) is 11.8 Å². The smallest absolute Gasteiger partial charge is 0.251 e. The molecule has 0 saturated carbocycles. The van der Waals surface area contributed by atoms with Gasteiger partial charge in [-0.05, 0) is 31.9 Å². The maximum atomic E-state index is 12.2. The number of nitrogens with zero attached hydrogens (tertiary/aromatic N) is 1. The summed E-state index contributed by atoms with van der Waals surface area (Å²) in [5, 5.41) is 8.56. The molecule has 6 heteroatoms. The summed E-state index contributed by atoms with van der Waals surface area (Å²) in [5.41, 5.74) is 2.58. The molecule has 1 aromatic carbocycles. The Labute approximate surface area is 140 Å². The first kappa shape index (κ1) is 17.1. The van der Waals surface area contributed by atoms with Crippen molar-refractivity contribution in [3.8, 4) is 10.6 Å². The number of amides is 2. The maximum Gasteiger partial charge on any atom is 0.251 e. The van der Waals surface area contributed by atoms with Crippen LogP contribution < -0.4 is 10.6 Å². The van der Waals surface area contributed by atoms with E-state index in [0.717, 1.165) is 29.1 Å². The molecular formula is C17H21N3O2S. The Morgan fingerprint density at radius 2 is 1.91 bits per heavy atom. The number of carbonyl (C=O) groups excluding carboxylic acids is 2. The molecule has 0 atom stereocenters. The summed E-state index contributed by atoms with van der Waals surface area (Å²) in [6, 6.07) is 7.50. The van der Waals surface area contributed by atoms with E-state index in [2.05, 4.69) is 15.6 Å². The molecule has 0 saturated heterocycles. The van der Waals surface area contributed by atoms with Crippen molar-refractivity contribution >= 4 is 23.2 Å². The number of hydrogen-bond donors (Lipinski definition) is 2. The largest absolute Gasteiger partial charge is 0.356 e. The molecule has 0 aliphatic carbocycles. The number of aryl methyl sites for hydroxylation is 1. The fourth-order valence-electron chi connectivity index (χ4n) is 2.10. The molecule has 2 N–H and O–H groups in total. The van der Waals surface area contributed by atoms with Gasteiger partial charge in [-0.1, -0.05) is 12.1 Å². The van der Waals surface area contributed by atoms with Crippen LogP contribution in [0.5, 0.6) is 0 Å². The molecule has 0 unspecified atom stereocenters. The summed E-state index contributed by atoms with van der Waals surface area (Å²) in [6.45, 7) is 4.69. The lowest BCUT2D eigenvalue weighted by Crippen LogP contribution is -2.26. The molecular weight excluding hydrogens is 310 g/mol. The SMILES string of the molecule is CC(=O)NCCCCNC(=O)c1cccc(-c2nc(C)cs2)c1. The van der Waals surface area contributed by atoms with E-state index < -0.39 is 0 Å². The molecule has 0 radical (unpaired) electrons. The van der Waals surface area contributed by atoms with Gasteiger partial charge in [-0.2, -0.15) is 0 Å². The third kappa shape index (κ3) is 5.49. The molecule has 122 valence electrons. The Balaban J connectivity index is 1.84. The minimum absolute atomic E-state index is 0.0247. The van der Waals surface area contributed by atoms with Gasteiger partial charge in [0.1, 0.15) is 5.01 Å². The number of nitrogens with one attached hydrogen (secondary N) is 2. The summed E-state index contributed by atoms with van der Waals surface area (Å²) in [4.78, 5) is 27.4. The van der Waals surface area contributed by atoms with E-state index in [1.807, 2.05) is 30.5 Å². The average Bonchev–Trinajstić information content (AvgIpc) is 2.97. The quantitative estimate of drug-likeness (QED) is 0.766. The zero-order valence-electron chi connectivity index (χ0n) is 13.4. The molecule has 0 aliphatic rings. The molecule has 0 aliphatic heterocycles. The average molecular weight is 331 g/mol. The Morgan fingerprint density at radius 1 is 1.17 bits per heavy atom. The van der Waals surface area contributed by atoms with Gasteiger partial charge >= 0.3 is 0 Å². The highest BCUT2D eigenvalue weighted by atomic mass is 32.1. The van der Waals surface area contributed by atoms with Gasteiger partial charge in [0.05, 0.1) is 0 Å². The zero-order chi connectivity index (χ0) is 16.7. The summed E-state index contributed by atoms with van der Waals surface area (Å²) < 4.78 is 0. The highest BCUT2D eigenvalue weighted by molar-refractivity contribution is 7.13. The standard InChI is InChI=1S/C17H21N3O2S/c1-12-11-23-17(20-12)15-7-5-6-14(10-15)16(22)19-9-4-3-8-18-13(2)21/h5-7,10-11H,3-4,8-9H2,1-2H3,(H,18,21)(H,19,22). The second-order valence-electron chi connectivity index (χ2n) is 5.32. The van der Waals surface area contributed by atoms with Gasteiger partial charge in [0.2, 0.25) is 5.91 Å². The van der Waals surface area contributed by atoms with E-state index in [1.165, 1.54) is 6.92 Å². The first-order valence-corrected chi connectivity index (χ1v) is 8.49. The number of carbonyl (C=O) groups is 2. The van der Waals surface area contributed by atoms with Crippen molar-refractivity contribution < 1.29 is 9.59 Å². The van der Waals surface area contributed by atoms with Crippen LogP contribution in [0.3, 0.4) is 0 Å². The third-order valence-corrected chi connectivity index (χ3v) is 4.26. The Morgan fingerprint density at radius 3 is 2.57 bits per heavy atom. The highest BCUT2D eigenvalue weighted by Gasteiger charge is 2.08. The fraction of sp³-hybridized carbons (Fsp3) is 0.353. The fourth-order valence-corrected chi connectivity index (χ4v) is 2.89. The van der Waals surface area contributed by atoms with Crippen molar-refractivity contribution in [3.05, 3.63) is 40.9 Å². The third-order valence-electron chi connectivity index (χ3n) is 3.25. The molecule has 23 heavy (non-hydrogen) atoms. The number of benzene rings is 1. The summed E-state index contributed by atoms with van der Waals surface area (Å²) in [7, 11) is 0. The second-order valence-corrected chi connectivity index (χ2v) is 6.18. The number of unbranched alkanes of at least 4 members (excludes halogenated alkanes) is 1. The minimum Gasteiger partial charge on any atom is -0.356 e. The molecule has 1 aromatic heterocycles. The van der Waals surface area contributed by atoms with Crippen LogP contribution in [0.25, 0.3) is 10.6 Å². The van der Waals surface area contributed by atoms with Crippen LogP contribution in [0, 0.1) is 6.92 Å². The normalized spacial score (nSPS) is 10.3. The summed E-state index contributed by atoms with van der Waals surface area (Å²) in [5.74, 6) is -0.108. The van der Waals surface area contributed by atoms with Crippen molar-refractivity contribution in [3.63, 3.8) is 0 Å². The van der Waals surface area contributed by atoms with E-state index in [9.17, 15) is 9.59 Å². The van der Waals surface area contributed by atoms with E-state index in [0.29, 0.717) is 18.7 Å². The molecule has 2 rings (SSSR count). The maximum absolute atomic E-state index is 12.2. The molecule has 1 heterocycles. The Hall–Kier alpha value is -2.21. The monoisotopic (exact) mass is 331 g/mol. The van der Waals surface area contributed by atoms with Gasteiger partial charge in [-0.15, -0.1) is 11.3 Å². The molecule has 0 fully saturated rings. The van der Waals surface area contributed by atoms with E-state index in [1.54, 1.807) is 17.4 Å². The van der Waals surface area contributed by atoms with Crippen LogP contribution >= 0.6 is 11.3 Å². The number of rotatable bonds is 7. The zero-order valence-corrected chi connectivity index (χ0v) is 14.2. The lowest BCUT2D eigenvalue weighted by Gasteiger charge is -2.06. The number of thiazole rings is 1. The van der Waals surface area contributed by atoms with Crippen LogP contribution in [0.1, 0.15) is 35.8 Å². The lowest BCUT2D eigenvalue weighted by atomic mass is 10.1. The summed E-state index contributed by atoms with van der Waals surface area (Å²) >= 11 is 1.58. The molecule has 2 aromatic rings. The first-order valence-electron chi connectivity index (χ1n) is 7.61. The van der Waals surface area contributed by atoms with Crippen molar-refractivity contribution in [1.29, 1.82) is 0 Å². The van der Waals surface area contributed by atoms with Gasteiger partial charge in [0.15, 0.2) is 0 Å². The topological polar surface area (TPSA) is 71.1 Å². The van der Waals surface area contributed by atoms with Crippen LogP contribution in [-0.2, 0) is 4.79 Å². The van der Waals surface area contributed by atoms with Crippen molar-refractivity contribution in [1.82, 2.24) is 15.6 Å². The number of aromatic nitrogens is 1. The molecule has 0 bridgehead atoms. The summed E-state index contributed by atoms with van der Waals surface area (Å²) in [6.07, 6.45) is 1.68. The lowest BCUT2D eigenvalue weighted by molar-refractivity contribution is -0.118. The predicted molar refractivity (Wildman–Crippen MR) is 92.5 cm³/mol. The van der Waals surface area contributed by atoms with Crippen LogP contribution in [0.2, 0.25) is 0 Å². The van der Waals surface area contributed by atoms with Crippen LogP contribution in [0.15, 0.2) is 29.6 Å². The van der Waals surface area contributed by atoms with Crippen molar-refractivity contribution in [2.75, 3.05) is 13.1 Å². The van der Waals surface area contributed by atoms with E-state index >= 15 is 0 Å². The Bertz CT molecular complexity index is 682. The molecule has 0 spiro atoms. The Kier molecular flexibility index (Phi) is 6.29. The molecule has 2 amide bonds. The second kappa shape index (κ2) is 8.43. The minimum atomic E-state index is -0.0837. The van der Waals surface area contributed by atoms with Crippen LogP contribution in [-0.4, -0.2) is 29.9 Å². The predicted octanol–water partition coefficient (Wildman–Crippen LogP) is 2.76. The highest BCUT2D eigenvalue weighted by Crippen LogP contribution is 2.24.